The number of benzene rings is 2. The third-order valence-corrected chi connectivity index (χ3v) is 6.71. The molecule has 1 aliphatic heterocycles. The highest BCUT2D eigenvalue weighted by Gasteiger charge is 2.23. The molecule has 0 aliphatic carbocycles. The largest absolute Gasteiger partial charge is 0.376 e. The van der Waals surface area contributed by atoms with Crippen LogP contribution in [0.2, 0.25) is 0 Å². The van der Waals surface area contributed by atoms with Gasteiger partial charge in [-0.15, -0.1) is 0 Å². The van der Waals surface area contributed by atoms with Gasteiger partial charge in [0.05, 0.1) is 12.3 Å². The van der Waals surface area contributed by atoms with Gasteiger partial charge in [0.15, 0.2) is 4.96 Å². The van der Waals surface area contributed by atoms with Crippen molar-refractivity contribution in [1.82, 2.24) is 14.7 Å². The Hall–Kier alpha value is -3.03. The number of nitrogens with zero attached hydrogens (tertiary/aromatic N) is 2. The van der Waals surface area contributed by atoms with Crippen LogP contribution in [0.25, 0.3) is 15.7 Å². The third-order valence-electron chi connectivity index (χ3n) is 5.55. The average molecular weight is 420 g/mol. The number of hydrogen-bond donors (Lipinski definition) is 1. The summed E-state index contributed by atoms with van der Waals surface area (Å²) in [5, 5.41) is 5.06. The summed E-state index contributed by atoms with van der Waals surface area (Å²) in [5.41, 5.74) is 1.79. The molecule has 1 fully saturated rings. The molecule has 30 heavy (non-hydrogen) atoms. The minimum atomic E-state index is -0.150. The smallest absolute Gasteiger partial charge is 0.263 e. The fraction of sp³-hybridized carbons (Fsp3) is 0.261. The summed E-state index contributed by atoms with van der Waals surface area (Å²) in [6, 6.07) is 13.6. The molecular weight excluding hydrogens is 398 g/mol. The molecule has 0 unspecified atom stereocenters. The van der Waals surface area contributed by atoms with E-state index in [-0.39, 0.29) is 17.8 Å². The molecule has 1 N–H and O–H groups in total. The van der Waals surface area contributed by atoms with Crippen LogP contribution in [0.3, 0.4) is 0 Å². The minimum Gasteiger partial charge on any atom is -0.376 e. The molecule has 1 saturated heterocycles. The molecule has 5 rings (SSSR count). The number of aromatic nitrogens is 2. The van der Waals surface area contributed by atoms with E-state index in [2.05, 4.69) is 10.3 Å². The Morgan fingerprint density at radius 1 is 1.23 bits per heavy atom. The highest BCUT2D eigenvalue weighted by molar-refractivity contribution is 7.19. The monoisotopic (exact) mass is 419 g/mol. The molecule has 2 aromatic heterocycles. The van der Waals surface area contributed by atoms with Crippen LogP contribution in [0.4, 0.5) is 0 Å². The van der Waals surface area contributed by atoms with E-state index in [1.165, 1.54) is 11.3 Å². The van der Waals surface area contributed by atoms with Crippen LogP contribution < -0.4 is 5.32 Å². The van der Waals surface area contributed by atoms with Crippen molar-refractivity contribution in [2.75, 3.05) is 13.2 Å². The lowest BCUT2D eigenvalue weighted by Gasteiger charge is -2.10. The predicted octanol–water partition coefficient (Wildman–Crippen LogP) is 4.00. The van der Waals surface area contributed by atoms with Gasteiger partial charge in [-0.1, -0.05) is 47.7 Å². The molecular formula is C23H21N3O3S. The van der Waals surface area contributed by atoms with Crippen molar-refractivity contribution in [3.63, 3.8) is 0 Å². The van der Waals surface area contributed by atoms with E-state index in [1.54, 1.807) is 10.6 Å². The third kappa shape index (κ3) is 3.30. The van der Waals surface area contributed by atoms with Gasteiger partial charge in [-0.25, -0.2) is 4.98 Å². The normalized spacial score (nSPS) is 16.4. The predicted molar refractivity (Wildman–Crippen MR) is 116 cm³/mol. The van der Waals surface area contributed by atoms with Crippen LogP contribution >= 0.6 is 11.3 Å². The summed E-state index contributed by atoms with van der Waals surface area (Å²) in [6.45, 7) is 3.11. The van der Waals surface area contributed by atoms with Crippen LogP contribution in [0.15, 0.2) is 48.7 Å². The van der Waals surface area contributed by atoms with Gasteiger partial charge in [-0.2, -0.15) is 0 Å². The van der Waals surface area contributed by atoms with Gasteiger partial charge in [0.2, 0.25) is 5.78 Å². The van der Waals surface area contributed by atoms with E-state index >= 15 is 0 Å². The van der Waals surface area contributed by atoms with Crippen LogP contribution in [0.5, 0.6) is 0 Å². The van der Waals surface area contributed by atoms with Gasteiger partial charge in [-0.3, -0.25) is 14.0 Å². The summed E-state index contributed by atoms with van der Waals surface area (Å²) in [7, 11) is 0. The molecule has 4 aromatic rings. The lowest BCUT2D eigenvalue weighted by molar-refractivity contribution is 0.0860. The standard InChI is InChI=1S/C23H21N3O3S/c1-14-21(22(28)24-12-18-7-4-10-29-18)30-23-25-13-19(26(14)23)20(27)17-9-8-15-5-2-3-6-16(15)11-17/h2-3,5-6,8-9,11,13,18H,4,7,10,12H2,1H3,(H,24,28)/t18-/m1/s1. The molecule has 0 saturated carbocycles. The van der Waals surface area contributed by atoms with Crippen molar-refractivity contribution < 1.29 is 14.3 Å². The van der Waals surface area contributed by atoms with E-state index in [0.717, 1.165) is 35.9 Å². The number of imidazole rings is 1. The molecule has 3 heterocycles. The Kier molecular flexibility index (Phi) is 4.84. The maximum Gasteiger partial charge on any atom is 0.263 e. The average Bonchev–Trinajstić information content (AvgIpc) is 3.50. The van der Waals surface area contributed by atoms with Gasteiger partial charge in [-0.05, 0) is 36.6 Å². The summed E-state index contributed by atoms with van der Waals surface area (Å²) in [6.07, 6.45) is 3.68. The maximum absolute atomic E-state index is 13.2. The second-order valence-electron chi connectivity index (χ2n) is 7.51. The van der Waals surface area contributed by atoms with Gasteiger partial charge in [0.1, 0.15) is 10.6 Å². The number of ether oxygens (including phenoxy) is 1. The van der Waals surface area contributed by atoms with Crippen molar-refractivity contribution in [2.45, 2.75) is 25.9 Å². The molecule has 7 heteroatoms. The van der Waals surface area contributed by atoms with Crippen molar-refractivity contribution in [3.8, 4) is 0 Å². The summed E-state index contributed by atoms with van der Waals surface area (Å²) in [5.74, 6) is -0.261. The fourth-order valence-electron chi connectivity index (χ4n) is 3.94. The first-order chi connectivity index (χ1) is 14.6. The fourth-order valence-corrected chi connectivity index (χ4v) is 4.96. The van der Waals surface area contributed by atoms with Gasteiger partial charge in [0, 0.05) is 24.4 Å². The summed E-state index contributed by atoms with van der Waals surface area (Å²) < 4.78 is 7.35. The Balaban J connectivity index is 1.44. The highest BCUT2D eigenvalue weighted by Crippen LogP contribution is 2.26. The Morgan fingerprint density at radius 2 is 2.07 bits per heavy atom. The number of carbonyl (C=O) groups excluding carboxylic acids is 2. The Morgan fingerprint density at radius 3 is 2.87 bits per heavy atom. The first-order valence-corrected chi connectivity index (χ1v) is 10.8. The molecule has 6 nitrogen and oxygen atoms in total. The zero-order valence-corrected chi connectivity index (χ0v) is 17.4. The Labute approximate surface area is 177 Å². The quantitative estimate of drug-likeness (QED) is 0.497. The van der Waals surface area contributed by atoms with Crippen molar-refractivity contribution in [3.05, 3.63) is 70.5 Å². The van der Waals surface area contributed by atoms with E-state index in [1.807, 2.05) is 49.4 Å². The second kappa shape index (κ2) is 7.66. The lowest BCUT2D eigenvalue weighted by Crippen LogP contribution is -2.31. The van der Waals surface area contributed by atoms with E-state index in [4.69, 9.17) is 4.74 Å². The first-order valence-electron chi connectivity index (χ1n) is 10.0. The summed E-state index contributed by atoms with van der Waals surface area (Å²) >= 11 is 1.30. The van der Waals surface area contributed by atoms with Crippen LogP contribution in [-0.2, 0) is 4.74 Å². The van der Waals surface area contributed by atoms with E-state index < -0.39 is 0 Å². The number of hydrogen-bond acceptors (Lipinski definition) is 5. The van der Waals surface area contributed by atoms with Gasteiger partial charge < -0.3 is 10.1 Å². The summed E-state index contributed by atoms with van der Waals surface area (Å²) in [4.78, 5) is 31.5. The molecule has 0 radical (unpaired) electrons. The van der Waals surface area contributed by atoms with Gasteiger partial charge in [0.25, 0.3) is 5.91 Å². The number of rotatable bonds is 5. The molecule has 1 amide bonds. The highest BCUT2D eigenvalue weighted by atomic mass is 32.1. The molecule has 152 valence electrons. The first kappa shape index (κ1) is 19.0. The number of thiazole rings is 1. The van der Waals surface area contributed by atoms with E-state index in [0.29, 0.717) is 27.6 Å². The topological polar surface area (TPSA) is 72.7 Å². The van der Waals surface area contributed by atoms with Crippen LogP contribution in [-0.4, -0.2) is 40.3 Å². The number of carbonyl (C=O) groups is 2. The number of aryl methyl sites for hydroxylation is 1. The SMILES string of the molecule is Cc1c(C(=O)NC[C@H]2CCCO2)sc2ncc(C(=O)c3ccc4ccccc4c3)n12. The van der Waals surface area contributed by atoms with Crippen molar-refractivity contribution in [1.29, 1.82) is 0 Å². The van der Waals surface area contributed by atoms with Crippen molar-refractivity contribution >= 4 is 38.8 Å². The van der Waals surface area contributed by atoms with E-state index in [9.17, 15) is 9.59 Å². The molecule has 0 bridgehead atoms. The van der Waals surface area contributed by atoms with Crippen LogP contribution in [0.1, 0.15) is 44.3 Å². The molecule has 1 aliphatic rings. The van der Waals surface area contributed by atoms with Crippen molar-refractivity contribution in [2.24, 2.45) is 0 Å². The maximum atomic E-state index is 13.2. The minimum absolute atomic E-state index is 0.0864. The number of ketones is 1. The number of fused-ring (bicyclic) bond motifs is 2. The zero-order valence-electron chi connectivity index (χ0n) is 16.6. The van der Waals surface area contributed by atoms with Crippen LogP contribution in [0, 0.1) is 6.92 Å². The number of nitrogens with one attached hydrogen (secondary N) is 1. The molecule has 0 spiro atoms. The molecule has 1 atom stereocenters. The number of amides is 1. The van der Waals surface area contributed by atoms with Gasteiger partial charge >= 0.3 is 0 Å². The second-order valence-corrected chi connectivity index (χ2v) is 8.49. The zero-order chi connectivity index (χ0) is 20.7. The Bertz CT molecular complexity index is 1270. The molecule has 2 aromatic carbocycles. The lowest BCUT2D eigenvalue weighted by atomic mass is 10.0.